The zero-order valence-electron chi connectivity index (χ0n) is 13.3. The first kappa shape index (κ1) is 14.8. The highest BCUT2D eigenvalue weighted by atomic mass is 16.5. The molecule has 0 amide bonds. The summed E-state index contributed by atoms with van der Waals surface area (Å²) in [5.74, 6) is 3.36. The molecular formula is C18H32O2. The Kier molecular flexibility index (Phi) is 4.42. The number of aliphatic hydroxyl groups is 1. The average molecular weight is 280 g/mol. The van der Waals surface area contributed by atoms with E-state index < -0.39 is 0 Å². The van der Waals surface area contributed by atoms with Gasteiger partial charge in [0.2, 0.25) is 0 Å². The monoisotopic (exact) mass is 280 g/mol. The molecule has 0 heterocycles. The van der Waals surface area contributed by atoms with Crippen LogP contribution in [-0.2, 0) is 4.74 Å². The van der Waals surface area contributed by atoms with Crippen LogP contribution in [0, 0.1) is 23.7 Å². The number of hydrogen-bond acceptors (Lipinski definition) is 2. The predicted molar refractivity (Wildman–Crippen MR) is 81.6 cm³/mol. The van der Waals surface area contributed by atoms with Crippen LogP contribution in [0.25, 0.3) is 0 Å². The molecule has 2 heteroatoms. The molecule has 0 spiro atoms. The minimum atomic E-state index is -0.241. The maximum absolute atomic E-state index is 10.9. The SMILES string of the molecule is CCOC1(C(O)CC2CC3CCC2C3)CCCC(C)C1. The summed E-state index contributed by atoms with van der Waals surface area (Å²) >= 11 is 0. The highest BCUT2D eigenvalue weighted by molar-refractivity contribution is 4.97. The van der Waals surface area contributed by atoms with Gasteiger partial charge >= 0.3 is 0 Å². The van der Waals surface area contributed by atoms with Gasteiger partial charge in [-0.1, -0.05) is 26.2 Å². The van der Waals surface area contributed by atoms with Crippen molar-refractivity contribution in [1.29, 1.82) is 0 Å². The molecule has 2 nitrogen and oxygen atoms in total. The third kappa shape index (κ3) is 2.78. The van der Waals surface area contributed by atoms with E-state index in [9.17, 15) is 5.11 Å². The van der Waals surface area contributed by atoms with Crippen LogP contribution in [0.2, 0.25) is 0 Å². The second-order valence-electron chi connectivity index (χ2n) is 7.89. The van der Waals surface area contributed by atoms with E-state index in [1.807, 2.05) is 0 Å². The summed E-state index contributed by atoms with van der Waals surface area (Å²) < 4.78 is 6.14. The Morgan fingerprint density at radius 2 is 2.10 bits per heavy atom. The van der Waals surface area contributed by atoms with Gasteiger partial charge < -0.3 is 9.84 Å². The second-order valence-corrected chi connectivity index (χ2v) is 7.89. The number of hydrogen-bond donors (Lipinski definition) is 1. The maximum Gasteiger partial charge on any atom is 0.0942 e. The fourth-order valence-electron chi connectivity index (χ4n) is 5.53. The number of aliphatic hydroxyl groups excluding tert-OH is 1. The predicted octanol–water partition coefficient (Wildman–Crippen LogP) is 4.16. The van der Waals surface area contributed by atoms with Gasteiger partial charge in [-0.3, -0.25) is 0 Å². The summed E-state index contributed by atoms with van der Waals surface area (Å²) in [7, 11) is 0. The second kappa shape index (κ2) is 5.96. The molecule has 0 aromatic carbocycles. The summed E-state index contributed by atoms with van der Waals surface area (Å²) in [4.78, 5) is 0. The molecule has 116 valence electrons. The Morgan fingerprint density at radius 1 is 1.25 bits per heavy atom. The highest BCUT2D eigenvalue weighted by Crippen LogP contribution is 2.51. The molecule has 6 unspecified atom stereocenters. The zero-order chi connectivity index (χ0) is 14.2. The van der Waals surface area contributed by atoms with Gasteiger partial charge in [-0.2, -0.15) is 0 Å². The summed E-state index contributed by atoms with van der Waals surface area (Å²) in [5, 5.41) is 10.9. The van der Waals surface area contributed by atoms with Crippen molar-refractivity contribution in [2.45, 2.75) is 83.3 Å². The Labute approximate surface area is 124 Å². The van der Waals surface area contributed by atoms with Gasteiger partial charge in [0.1, 0.15) is 0 Å². The molecule has 3 saturated carbocycles. The highest BCUT2D eigenvalue weighted by Gasteiger charge is 2.46. The Bertz CT molecular complexity index is 325. The normalized spacial score (nSPS) is 45.8. The molecule has 0 aromatic heterocycles. The Balaban J connectivity index is 1.64. The molecule has 0 radical (unpaired) electrons. The van der Waals surface area contributed by atoms with Crippen LogP contribution in [-0.4, -0.2) is 23.4 Å². The number of ether oxygens (including phenoxy) is 1. The minimum absolute atomic E-state index is 0.228. The quantitative estimate of drug-likeness (QED) is 0.819. The van der Waals surface area contributed by atoms with E-state index in [2.05, 4.69) is 13.8 Å². The average Bonchev–Trinajstić information content (AvgIpc) is 3.01. The van der Waals surface area contributed by atoms with Gasteiger partial charge in [-0.05, 0) is 69.1 Å². The molecule has 0 aliphatic heterocycles. The Hall–Kier alpha value is -0.0800. The van der Waals surface area contributed by atoms with Crippen molar-refractivity contribution in [2.24, 2.45) is 23.7 Å². The van der Waals surface area contributed by atoms with E-state index in [4.69, 9.17) is 4.74 Å². The summed E-state index contributed by atoms with van der Waals surface area (Å²) in [6.07, 6.45) is 11.1. The summed E-state index contributed by atoms with van der Waals surface area (Å²) in [6, 6.07) is 0. The van der Waals surface area contributed by atoms with Crippen molar-refractivity contribution in [3.05, 3.63) is 0 Å². The zero-order valence-corrected chi connectivity index (χ0v) is 13.3. The molecule has 2 bridgehead atoms. The van der Waals surface area contributed by atoms with Crippen molar-refractivity contribution in [1.82, 2.24) is 0 Å². The van der Waals surface area contributed by atoms with E-state index >= 15 is 0 Å². The number of fused-ring (bicyclic) bond motifs is 2. The first-order valence-corrected chi connectivity index (χ1v) is 8.95. The smallest absolute Gasteiger partial charge is 0.0942 e. The van der Waals surface area contributed by atoms with E-state index in [1.165, 1.54) is 38.5 Å². The molecule has 3 aliphatic rings. The molecular weight excluding hydrogens is 248 g/mol. The fraction of sp³-hybridized carbons (Fsp3) is 1.00. The van der Waals surface area contributed by atoms with Gasteiger partial charge in [0, 0.05) is 6.61 Å². The fourth-order valence-corrected chi connectivity index (χ4v) is 5.53. The van der Waals surface area contributed by atoms with Crippen LogP contribution in [0.4, 0.5) is 0 Å². The molecule has 3 fully saturated rings. The Morgan fingerprint density at radius 3 is 2.70 bits per heavy atom. The number of rotatable bonds is 5. The van der Waals surface area contributed by atoms with Crippen molar-refractivity contribution in [2.75, 3.05) is 6.61 Å². The summed E-state index contributed by atoms with van der Waals surface area (Å²) in [6.45, 7) is 5.13. The lowest BCUT2D eigenvalue weighted by Gasteiger charge is -2.44. The van der Waals surface area contributed by atoms with Gasteiger partial charge in [0.05, 0.1) is 11.7 Å². The van der Waals surface area contributed by atoms with Crippen LogP contribution in [0.1, 0.15) is 71.6 Å². The molecule has 3 aliphatic carbocycles. The van der Waals surface area contributed by atoms with E-state index in [1.54, 1.807) is 0 Å². The molecule has 0 aromatic rings. The third-order valence-electron chi connectivity index (χ3n) is 6.44. The van der Waals surface area contributed by atoms with Crippen molar-refractivity contribution in [3.63, 3.8) is 0 Å². The van der Waals surface area contributed by atoms with E-state index in [0.717, 1.165) is 43.6 Å². The standard InChI is InChI=1S/C18H32O2/c1-3-20-18(8-4-5-13(2)12-18)17(19)11-16-10-14-6-7-15(16)9-14/h13-17,19H,3-12H2,1-2H3. The van der Waals surface area contributed by atoms with Crippen LogP contribution in [0.15, 0.2) is 0 Å². The van der Waals surface area contributed by atoms with Crippen molar-refractivity contribution in [3.8, 4) is 0 Å². The lowest BCUT2D eigenvalue weighted by Crippen LogP contribution is -2.49. The maximum atomic E-state index is 10.9. The molecule has 0 saturated heterocycles. The van der Waals surface area contributed by atoms with Gasteiger partial charge in [-0.15, -0.1) is 0 Å². The van der Waals surface area contributed by atoms with E-state index in [0.29, 0.717) is 5.92 Å². The third-order valence-corrected chi connectivity index (χ3v) is 6.44. The molecule has 20 heavy (non-hydrogen) atoms. The van der Waals surface area contributed by atoms with Crippen LogP contribution in [0.5, 0.6) is 0 Å². The van der Waals surface area contributed by atoms with Crippen LogP contribution >= 0.6 is 0 Å². The van der Waals surface area contributed by atoms with Gasteiger partial charge in [-0.25, -0.2) is 0 Å². The minimum Gasteiger partial charge on any atom is -0.390 e. The first-order valence-electron chi connectivity index (χ1n) is 8.95. The van der Waals surface area contributed by atoms with Crippen molar-refractivity contribution < 1.29 is 9.84 Å². The van der Waals surface area contributed by atoms with Crippen molar-refractivity contribution >= 4 is 0 Å². The topological polar surface area (TPSA) is 29.5 Å². The van der Waals surface area contributed by atoms with E-state index in [-0.39, 0.29) is 11.7 Å². The van der Waals surface area contributed by atoms with Crippen LogP contribution in [0.3, 0.4) is 0 Å². The first-order chi connectivity index (χ1) is 9.63. The molecule has 3 rings (SSSR count). The van der Waals surface area contributed by atoms with Crippen LogP contribution < -0.4 is 0 Å². The molecule has 6 atom stereocenters. The molecule has 1 N–H and O–H groups in total. The van der Waals surface area contributed by atoms with Gasteiger partial charge in [0.15, 0.2) is 0 Å². The largest absolute Gasteiger partial charge is 0.390 e. The lowest BCUT2D eigenvalue weighted by atomic mass is 9.72. The lowest BCUT2D eigenvalue weighted by molar-refractivity contribution is -0.154. The van der Waals surface area contributed by atoms with Gasteiger partial charge in [0.25, 0.3) is 0 Å². The summed E-state index contributed by atoms with van der Waals surface area (Å²) in [5.41, 5.74) is -0.228.